The fourth-order valence-electron chi connectivity index (χ4n) is 1.52. The van der Waals surface area contributed by atoms with Gasteiger partial charge in [0.15, 0.2) is 0 Å². The van der Waals surface area contributed by atoms with Gasteiger partial charge in [-0.1, -0.05) is 6.92 Å². The summed E-state index contributed by atoms with van der Waals surface area (Å²) in [5.41, 5.74) is -0.0265. The summed E-state index contributed by atoms with van der Waals surface area (Å²) < 4.78 is 26.7. The number of nitrogens with zero attached hydrogens (tertiary/aromatic N) is 2. The summed E-state index contributed by atoms with van der Waals surface area (Å²) >= 11 is 0. The minimum atomic E-state index is -0.780. The third-order valence-electron chi connectivity index (χ3n) is 2.50. The number of anilines is 2. The monoisotopic (exact) mass is 296 g/mol. The Labute approximate surface area is 122 Å². The number of rotatable bonds is 5. The topological polar surface area (TPSA) is 59.0 Å². The number of aryl methyl sites for hydroxylation is 1. The van der Waals surface area contributed by atoms with E-state index in [1.807, 2.05) is 24.0 Å². The van der Waals surface area contributed by atoms with Gasteiger partial charge in [0.1, 0.15) is 17.5 Å². The first-order valence-electron chi connectivity index (χ1n) is 6.47. The third kappa shape index (κ3) is 5.60. The molecule has 2 N–H and O–H groups in total. The molecular formula is C14H18F2N4O. The Balaban J connectivity index is 0.000000211. The second-order valence-electron chi connectivity index (χ2n) is 4.10. The maximum Gasteiger partial charge on any atom is 0.211 e. The Kier molecular flexibility index (Phi) is 6.86. The molecule has 0 fully saturated rings. The number of halogens is 2. The van der Waals surface area contributed by atoms with Crippen LogP contribution in [-0.4, -0.2) is 23.2 Å². The van der Waals surface area contributed by atoms with Crippen molar-refractivity contribution in [1.82, 2.24) is 9.78 Å². The molecule has 0 aliphatic heterocycles. The molecule has 5 nitrogen and oxygen atoms in total. The summed E-state index contributed by atoms with van der Waals surface area (Å²) in [6, 6.07) is 4.88. The van der Waals surface area contributed by atoms with E-state index in [1.54, 1.807) is 0 Å². The zero-order valence-corrected chi connectivity index (χ0v) is 11.9. The summed E-state index contributed by atoms with van der Waals surface area (Å²) in [6.45, 7) is 3.14. The number of nitrogens with one attached hydrogen (secondary N) is 2. The molecule has 2 rings (SSSR count). The van der Waals surface area contributed by atoms with Crippen molar-refractivity contribution >= 4 is 17.9 Å². The van der Waals surface area contributed by atoms with Crippen LogP contribution in [-0.2, 0) is 11.3 Å². The van der Waals surface area contributed by atoms with Gasteiger partial charge in [-0.05, 0) is 18.6 Å². The molecule has 0 aliphatic rings. The predicted molar refractivity (Wildman–Crippen MR) is 78.1 cm³/mol. The maximum absolute atomic E-state index is 12.6. The van der Waals surface area contributed by atoms with Crippen LogP contribution >= 0.6 is 0 Å². The molecule has 1 amide bonds. The largest absolute Gasteiger partial charge is 0.372 e. The van der Waals surface area contributed by atoms with E-state index in [1.165, 1.54) is 0 Å². The molecule has 1 aromatic heterocycles. The highest BCUT2D eigenvalue weighted by Crippen LogP contribution is 2.13. The van der Waals surface area contributed by atoms with Crippen LogP contribution in [0.4, 0.5) is 20.3 Å². The van der Waals surface area contributed by atoms with Gasteiger partial charge in [0.05, 0.1) is 5.69 Å². The number of carbonyl (C=O) groups is 1. The van der Waals surface area contributed by atoms with Crippen molar-refractivity contribution in [2.75, 3.05) is 17.7 Å². The first-order valence-corrected chi connectivity index (χ1v) is 6.47. The van der Waals surface area contributed by atoms with E-state index in [9.17, 15) is 13.6 Å². The van der Waals surface area contributed by atoms with Crippen molar-refractivity contribution < 1.29 is 13.6 Å². The standard InChI is InChI=1S/C7H5F2NO.C7H13N3/c8-5-1-2-7(10-4-11)6(9)3-5;1-3-5-10-6-4-7(8-2)9-10/h1-4H,(H,10,11);4,6H,3,5H2,1-2H3,(H,8,9). The molecule has 1 heterocycles. The van der Waals surface area contributed by atoms with Gasteiger partial charge < -0.3 is 10.6 Å². The van der Waals surface area contributed by atoms with E-state index in [2.05, 4.69) is 22.7 Å². The number of carbonyl (C=O) groups excluding carboxylic acids is 1. The Morgan fingerprint density at radius 1 is 1.33 bits per heavy atom. The van der Waals surface area contributed by atoms with E-state index in [-0.39, 0.29) is 5.69 Å². The van der Waals surface area contributed by atoms with E-state index in [0.29, 0.717) is 12.5 Å². The van der Waals surface area contributed by atoms with Gasteiger partial charge in [0.2, 0.25) is 6.41 Å². The maximum atomic E-state index is 12.6. The first kappa shape index (κ1) is 16.6. The highest BCUT2D eigenvalue weighted by atomic mass is 19.1. The predicted octanol–water partition coefficient (Wildman–Crippen LogP) is 2.87. The number of amides is 1. The van der Waals surface area contributed by atoms with Crippen molar-refractivity contribution in [3.63, 3.8) is 0 Å². The normalized spacial score (nSPS) is 9.52. The van der Waals surface area contributed by atoms with Crippen LogP contribution in [0.2, 0.25) is 0 Å². The molecule has 0 atom stereocenters. The zero-order chi connectivity index (χ0) is 15.7. The van der Waals surface area contributed by atoms with Gasteiger partial charge in [-0.3, -0.25) is 9.48 Å². The van der Waals surface area contributed by atoms with Crippen LogP contribution in [0.25, 0.3) is 0 Å². The molecule has 0 unspecified atom stereocenters. The van der Waals surface area contributed by atoms with Crippen molar-refractivity contribution in [3.8, 4) is 0 Å². The lowest BCUT2D eigenvalue weighted by molar-refractivity contribution is -0.105. The lowest BCUT2D eigenvalue weighted by Gasteiger charge is -1.98. The van der Waals surface area contributed by atoms with Crippen molar-refractivity contribution in [2.45, 2.75) is 19.9 Å². The minimum Gasteiger partial charge on any atom is -0.372 e. The third-order valence-corrected chi connectivity index (χ3v) is 2.50. The number of hydrogen-bond acceptors (Lipinski definition) is 3. The van der Waals surface area contributed by atoms with E-state index in [0.717, 1.165) is 30.9 Å². The highest BCUT2D eigenvalue weighted by Gasteiger charge is 2.00. The molecular weight excluding hydrogens is 278 g/mol. The molecule has 1 aromatic carbocycles. The minimum absolute atomic E-state index is 0.0265. The van der Waals surface area contributed by atoms with Gasteiger partial charge in [0, 0.05) is 31.9 Å². The fraction of sp³-hybridized carbons (Fsp3) is 0.286. The van der Waals surface area contributed by atoms with E-state index >= 15 is 0 Å². The van der Waals surface area contributed by atoms with E-state index < -0.39 is 11.6 Å². The van der Waals surface area contributed by atoms with Crippen LogP contribution in [0.5, 0.6) is 0 Å². The van der Waals surface area contributed by atoms with Crippen LogP contribution in [0.3, 0.4) is 0 Å². The summed E-state index contributed by atoms with van der Waals surface area (Å²) in [7, 11) is 1.87. The lowest BCUT2D eigenvalue weighted by atomic mass is 10.3. The molecule has 7 heteroatoms. The van der Waals surface area contributed by atoms with Gasteiger partial charge in [-0.25, -0.2) is 8.78 Å². The van der Waals surface area contributed by atoms with Gasteiger partial charge in [0.25, 0.3) is 0 Å². The lowest BCUT2D eigenvalue weighted by Crippen LogP contribution is -1.98. The van der Waals surface area contributed by atoms with Crippen LogP contribution < -0.4 is 10.6 Å². The van der Waals surface area contributed by atoms with Gasteiger partial charge in [-0.2, -0.15) is 5.10 Å². The van der Waals surface area contributed by atoms with Crippen molar-refractivity contribution in [3.05, 3.63) is 42.1 Å². The van der Waals surface area contributed by atoms with Crippen LogP contribution in [0.15, 0.2) is 30.5 Å². The summed E-state index contributed by atoms with van der Waals surface area (Å²) in [5, 5.41) is 9.28. The Hall–Kier alpha value is -2.44. The molecule has 0 aliphatic carbocycles. The molecule has 21 heavy (non-hydrogen) atoms. The molecule has 2 aromatic rings. The van der Waals surface area contributed by atoms with Gasteiger partial charge in [-0.15, -0.1) is 0 Å². The number of benzene rings is 1. The molecule has 0 saturated carbocycles. The molecule has 114 valence electrons. The summed E-state index contributed by atoms with van der Waals surface area (Å²) in [6.07, 6.45) is 3.44. The first-order chi connectivity index (χ1) is 10.1. The number of aromatic nitrogens is 2. The second kappa shape index (κ2) is 8.68. The Bertz CT molecular complexity index is 572. The summed E-state index contributed by atoms with van der Waals surface area (Å²) in [5.74, 6) is -0.510. The zero-order valence-electron chi connectivity index (χ0n) is 11.9. The van der Waals surface area contributed by atoms with E-state index in [4.69, 9.17) is 0 Å². The number of hydrogen-bond donors (Lipinski definition) is 2. The average molecular weight is 296 g/mol. The highest BCUT2D eigenvalue weighted by molar-refractivity contribution is 5.71. The summed E-state index contributed by atoms with van der Waals surface area (Å²) in [4.78, 5) is 9.84. The fourth-order valence-corrected chi connectivity index (χ4v) is 1.52. The quantitative estimate of drug-likeness (QED) is 0.834. The molecule has 0 spiro atoms. The molecule has 0 bridgehead atoms. The second-order valence-corrected chi connectivity index (χ2v) is 4.10. The van der Waals surface area contributed by atoms with Gasteiger partial charge >= 0.3 is 0 Å². The smallest absolute Gasteiger partial charge is 0.211 e. The van der Waals surface area contributed by atoms with Crippen LogP contribution in [0.1, 0.15) is 13.3 Å². The molecule has 0 saturated heterocycles. The van der Waals surface area contributed by atoms with Crippen molar-refractivity contribution in [1.29, 1.82) is 0 Å². The SMILES string of the molecule is CCCn1ccc(NC)n1.O=CNc1ccc(F)cc1F. The van der Waals surface area contributed by atoms with Crippen molar-refractivity contribution in [2.24, 2.45) is 0 Å². The Morgan fingerprint density at radius 3 is 2.62 bits per heavy atom. The molecule has 0 radical (unpaired) electrons. The average Bonchev–Trinajstić information content (AvgIpc) is 2.91. The Morgan fingerprint density at radius 2 is 2.10 bits per heavy atom. The van der Waals surface area contributed by atoms with Crippen LogP contribution in [0, 0.1) is 11.6 Å².